The Hall–Kier alpha value is -3.60. The van der Waals surface area contributed by atoms with Crippen LogP contribution < -0.4 is 4.74 Å². The van der Waals surface area contributed by atoms with Gasteiger partial charge in [0.1, 0.15) is 11.4 Å². The minimum absolute atomic E-state index is 0.00591. The van der Waals surface area contributed by atoms with Crippen LogP contribution >= 0.6 is 0 Å². The van der Waals surface area contributed by atoms with Crippen molar-refractivity contribution in [3.05, 3.63) is 101 Å². The van der Waals surface area contributed by atoms with Crippen molar-refractivity contribution in [3.63, 3.8) is 0 Å². The van der Waals surface area contributed by atoms with Crippen LogP contribution in [0.2, 0.25) is 0 Å². The molecule has 1 aliphatic rings. The number of amides is 1. The van der Waals surface area contributed by atoms with Gasteiger partial charge in [-0.3, -0.25) is 9.59 Å². The molecule has 0 unspecified atom stereocenters. The van der Waals surface area contributed by atoms with Gasteiger partial charge in [0, 0.05) is 32.4 Å². The van der Waals surface area contributed by atoms with Gasteiger partial charge in [-0.2, -0.15) is 0 Å². The Morgan fingerprint density at radius 2 is 1.61 bits per heavy atom. The van der Waals surface area contributed by atoms with Gasteiger partial charge in [-0.05, 0) is 59.6 Å². The molecular formula is C33H39NO4. The molecule has 1 amide bonds. The van der Waals surface area contributed by atoms with E-state index in [1.807, 2.05) is 42.5 Å². The second kappa shape index (κ2) is 12.3. The maximum atomic E-state index is 13.1. The summed E-state index contributed by atoms with van der Waals surface area (Å²) in [4.78, 5) is 25.9. The maximum Gasteiger partial charge on any atom is 0.305 e. The van der Waals surface area contributed by atoms with Crippen LogP contribution in [0.5, 0.6) is 5.75 Å². The largest absolute Gasteiger partial charge is 0.487 e. The highest BCUT2D eigenvalue weighted by molar-refractivity contribution is 5.77. The van der Waals surface area contributed by atoms with E-state index in [-0.39, 0.29) is 24.5 Å². The summed E-state index contributed by atoms with van der Waals surface area (Å²) in [6, 6.07) is 25.0. The fraction of sp³-hybridized carbons (Fsp3) is 0.394. The summed E-state index contributed by atoms with van der Waals surface area (Å²) in [6.45, 7) is 7.33. The lowest BCUT2D eigenvalue weighted by Gasteiger charge is -2.24. The summed E-state index contributed by atoms with van der Waals surface area (Å²) in [7, 11) is 0. The minimum Gasteiger partial charge on any atom is -0.487 e. The molecule has 1 aliphatic heterocycles. The third-order valence-electron chi connectivity index (χ3n) is 7.36. The molecule has 0 aliphatic carbocycles. The number of rotatable bonds is 12. The number of hydrogen-bond donors (Lipinski definition) is 1. The normalized spacial score (nSPS) is 16.2. The zero-order valence-corrected chi connectivity index (χ0v) is 22.8. The Morgan fingerprint density at radius 1 is 0.895 bits per heavy atom. The smallest absolute Gasteiger partial charge is 0.305 e. The lowest BCUT2D eigenvalue weighted by molar-refractivity contribution is -0.138. The van der Waals surface area contributed by atoms with E-state index in [1.165, 1.54) is 16.7 Å². The van der Waals surface area contributed by atoms with Crippen LogP contribution in [0, 0.1) is 0 Å². The summed E-state index contributed by atoms with van der Waals surface area (Å²) in [5.41, 5.74) is 5.75. The second-order valence-corrected chi connectivity index (χ2v) is 11.0. The van der Waals surface area contributed by atoms with Crippen molar-refractivity contribution in [2.24, 2.45) is 0 Å². The predicted octanol–water partition coefficient (Wildman–Crippen LogP) is 6.22. The molecule has 5 nitrogen and oxygen atoms in total. The summed E-state index contributed by atoms with van der Waals surface area (Å²) in [5.74, 6) is 0.547. The highest BCUT2D eigenvalue weighted by Crippen LogP contribution is 2.37. The van der Waals surface area contributed by atoms with Crippen molar-refractivity contribution in [1.82, 2.24) is 4.90 Å². The fourth-order valence-electron chi connectivity index (χ4n) is 5.19. The van der Waals surface area contributed by atoms with Crippen LogP contribution in [-0.2, 0) is 35.3 Å². The number of ether oxygens (including phenoxy) is 1. The zero-order valence-electron chi connectivity index (χ0n) is 22.8. The number of carbonyl (C=O) groups is 2. The van der Waals surface area contributed by atoms with Crippen LogP contribution in [0.3, 0.4) is 0 Å². The van der Waals surface area contributed by atoms with E-state index in [0.717, 1.165) is 29.7 Å². The molecule has 5 heteroatoms. The quantitative estimate of drug-likeness (QED) is 0.312. The van der Waals surface area contributed by atoms with Crippen molar-refractivity contribution in [1.29, 1.82) is 0 Å². The summed E-state index contributed by atoms with van der Waals surface area (Å²) >= 11 is 0. The van der Waals surface area contributed by atoms with Crippen LogP contribution in [0.1, 0.15) is 67.3 Å². The van der Waals surface area contributed by atoms with E-state index < -0.39 is 5.97 Å². The molecule has 0 saturated heterocycles. The highest BCUT2D eigenvalue weighted by atomic mass is 16.5. The Bertz CT molecular complexity index is 1240. The molecule has 200 valence electrons. The molecule has 3 aromatic rings. The maximum absolute atomic E-state index is 13.1. The van der Waals surface area contributed by atoms with Crippen molar-refractivity contribution in [3.8, 4) is 5.75 Å². The predicted molar refractivity (Wildman–Crippen MR) is 151 cm³/mol. The average Bonchev–Trinajstić information content (AvgIpc) is 3.22. The number of fused-ring (bicyclic) bond motifs is 1. The van der Waals surface area contributed by atoms with E-state index in [4.69, 9.17) is 9.84 Å². The lowest BCUT2D eigenvalue weighted by atomic mass is 9.90. The van der Waals surface area contributed by atoms with Gasteiger partial charge in [0.25, 0.3) is 0 Å². The summed E-state index contributed by atoms with van der Waals surface area (Å²) in [5, 5.41) is 9.15. The number of carboxylic acids is 1. The zero-order chi connectivity index (χ0) is 27.1. The van der Waals surface area contributed by atoms with Crippen molar-refractivity contribution >= 4 is 11.9 Å². The van der Waals surface area contributed by atoms with Crippen LogP contribution in [0.15, 0.2) is 72.8 Å². The van der Waals surface area contributed by atoms with E-state index in [1.54, 1.807) is 4.90 Å². The van der Waals surface area contributed by atoms with Crippen molar-refractivity contribution in [2.75, 3.05) is 13.1 Å². The molecule has 0 bridgehead atoms. The third-order valence-corrected chi connectivity index (χ3v) is 7.36. The van der Waals surface area contributed by atoms with Gasteiger partial charge in [-0.25, -0.2) is 0 Å². The van der Waals surface area contributed by atoms with Gasteiger partial charge >= 0.3 is 5.97 Å². The first-order valence-electron chi connectivity index (χ1n) is 13.6. The average molecular weight is 514 g/mol. The molecule has 0 spiro atoms. The van der Waals surface area contributed by atoms with Crippen LogP contribution in [0.4, 0.5) is 0 Å². The first-order valence-corrected chi connectivity index (χ1v) is 13.6. The highest BCUT2D eigenvalue weighted by Gasteiger charge is 2.35. The molecule has 3 aromatic carbocycles. The third kappa shape index (κ3) is 7.47. The number of benzene rings is 3. The fourth-order valence-corrected chi connectivity index (χ4v) is 5.19. The Labute approximate surface area is 226 Å². The van der Waals surface area contributed by atoms with E-state index in [0.29, 0.717) is 31.7 Å². The lowest BCUT2D eigenvalue weighted by Crippen LogP contribution is -2.35. The molecule has 1 heterocycles. The minimum atomic E-state index is -0.889. The molecular weight excluding hydrogens is 474 g/mol. The van der Waals surface area contributed by atoms with Crippen LogP contribution in [-0.4, -0.2) is 40.6 Å². The van der Waals surface area contributed by atoms with Gasteiger partial charge in [-0.1, -0.05) is 80.6 Å². The SMILES string of the molecule is CC(C)c1ccc(C[C@@]2(C)Cc3cc(CCC(=O)N(CCC(=O)O)CCc4ccccc4)ccc3O2)cc1. The molecule has 0 fully saturated rings. The second-order valence-electron chi connectivity index (χ2n) is 11.0. The van der Waals surface area contributed by atoms with Gasteiger partial charge in [0.15, 0.2) is 0 Å². The van der Waals surface area contributed by atoms with Crippen molar-refractivity contribution in [2.45, 2.75) is 70.8 Å². The van der Waals surface area contributed by atoms with Crippen LogP contribution in [0.25, 0.3) is 0 Å². The van der Waals surface area contributed by atoms with Gasteiger partial charge in [-0.15, -0.1) is 0 Å². The van der Waals surface area contributed by atoms with E-state index in [2.05, 4.69) is 51.1 Å². The van der Waals surface area contributed by atoms with E-state index >= 15 is 0 Å². The number of nitrogens with zero attached hydrogens (tertiary/aromatic N) is 1. The van der Waals surface area contributed by atoms with E-state index in [9.17, 15) is 9.59 Å². The Morgan fingerprint density at radius 3 is 2.29 bits per heavy atom. The number of hydrogen-bond acceptors (Lipinski definition) is 3. The Balaban J connectivity index is 1.34. The molecule has 1 atom stereocenters. The number of aliphatic carboxylic acids is 1. The molecule has 0 radical (unpaired) electrons. The topological polar surface area (TPSA) is 66.8 Å². The molecule has 0 saturated carbocycles. The monoisotopic (exact) mass is 513 g/mol. The van der Waals surface area contributed by atoms with Crippen molar-refractivity contribution < 1.29 is 19.4 Å². The first kappa shape index (κ1) is 27.4. The summed E-state index contributed by atoms with van der Waals surface area (Å²) in [6.07, 6.45) is 3.31. The molecule has 1 N–H and O–H groups in total. The number of carboxylic acid groups (broad SMARTS) is 1. The molecule has 38 heavy (non-hydrogen) atoms. The van der Waals surface area contributed by atoms with Gasteiger partial charge < -0.3 is 14.7 Å². The summed E-state index contributed by atoms with van der Waals surface area (Å²) < 4.78 is 6.39. The molecule has 4 rings (SSSR count). The van der Waals surface area contributed by atoms with Gasteiger partial charge in [0.05, 0.1) is 6.42 Å². The standard InChI is InChI=1S/C33H39NO4/c1-24(2)28-13-9-27(10-14-28)22-33(3)23-29-21-26(11-15-30(29)38-33)12-16-31(35)34(20-18-32(36)37)19-17-25-7-5-4-6-8-25/h4-11,13-15,21,24H,12,16-20,22-23H2,1-3H3,(H,36,37)/t33-/m0/s1. The first-order chi connectivity index (χ1) is 18.2. The van der Waals surface area contributed by atoms with Gasteiger partial charge in [0.2, 0.25) is 5.91 Å². The molecule has 0 aromatic heterocycles. The Kier molecular flexibility index (Phi) is 8.88. The number of carbonyl (C=O) groups excluding carboxylic acids is 1. The number of aryl methyl sites for hydroxylation is 1.